The summed E-state index contributed by atoms with van der Waals surface area (Å²) in [6, 6.07) is 15.4. The second-order valence-corrected chi connectivity index (χ2v) is 6.46. The van der Waals surface area contributed by atoms with Gasteiger partial charge in [-0.15, -0.1) is 5.10 Å². The van der Waals surface area contributed by atoms with Crippen LogP contribution in [0.15, 0.2) is 59.8 Å². The third-order valence-corrected chi connectivity index (χ3v) is 4.79. The molecule has 0 aliphatic rings. The van der Waals surface area contributed by atoms with Gasteiger partial charge in [0.05, 0.1) is 17.9 Å². The van der Waals surface area contributed by atoms with E-state index in [4.69, 9.17) is 9.84 Å². The molecule has 0 fully saturated rings. The number of aromatic carboxylic acids is 1. The van der Waals surface area contributed by atoms with Crippen molar-refractivity contribution in [3.8, 4) is 5.69 Å². The van der Waals surface area contributed by atoms with Gasteiger partial charge in [-0.2, -0.15) is 4.68 Å². The molecule has 0 bridgehead atoms. The van der Waals surface area contributed by atoms with Crippen LogP contribution in [0, 0.1) is 0 Å². The molecule has 138 valence electrons. The van der Waals surface area contributed by atoms with Crippen molar-refractivity contribution in [3.05, 3.63) is 65.7 Å². The Labute approximate surface area is 159 Å². The summed E-state index contributed by atoms with van der Waals surface area (Å²) in [5, 5.41) is 20.4. The molecular formula is C18H16N4O4S. The molecule has 0 amide bonds. The Bertz CT molecular complexity index is 928. The minimum atomic E-state index is -1.01. The third-order valence-electron chi connectivity index (χ3n) is 3.63. The lowest BCUT2D eigenvalue weighted by Gasteiger charge is -2.15. The van der Waals surface area contributed by atoms with Crippen molar-refractivity contribution in [2.75, 3.05) is 6.61 Å². The molecule has 8 nitrogen and oxygen atoms in total. The lowest BCUT2D eigenvalue weighted by molar-refractivity contribution is -0.142. The number of hydrogen-bond donors (Lipinski definition) is 1. The normalized spacial score (nSPS) is 11.7. The van der Waals surface area contributed by atoms with Crippen LogP contribution in [0.2, 0.25) is 0 Å². The molecule has 0 radical (unpaired) electrons. The number of thioether (sulfide) groups is 1. The molecule has 0 spiro atoms. The van der Waals surface area contributed by atoms with Crippen molar-refractivity contribution in [1.82, 2.24) is 20.2 Å². The fourth-order valence-corrected chi connectivity index (χ4v) is 3.36. The molecule has 3 rings (SSSR count). The second-order valence-electron chi connectivity index (χ2n) is 5.39. The van der Waals surface area contributed by atoms with Crippen LogP contribution in [0.25, 0.3) is 5.69 Å². The first-order valence-corrected chi connectivity index (χ1v) is 8.98. The summed E-state index contributed by atoms with van der Waals surface area (Å²) in [5.41, 5.74) is 1.52. The SMILES string of the molecule is CCOC(=O)[C@H](Sc1nnnn1-c1ccc(C(=O)O)cc1)c1ccccc1. The van der Waals surface area contributed by atoms with E-state index in [0.717, 1.165) is 17.3 Å². The molecule has 1 N–H and O–H groups in total. The molecule has 1 aromatic heterocycles. The van der Waals surface area contributed by atoms with E-state index in [1.807, 2.05) is 30.3 Å². The van der Waals surface area contributed by atoms with Gasteiger partial charge in [0.25, 0.3) is 0 Å². The zero-order valence-corrected chi connectivity index (χ0v) is 15.2. The molecule has 1 heterocycles. The van der Waals surface area contributed by atoms with Crippen molar-refractivity contribution in [2.45, 2.75) is 17.3 Å². The predicted molar refractivity (Wildman–Crippen MR) is 97.8 cm³/mol. The van der Waals surface area contributed by atoms with Gasteiger partial charge in [-0.1, -0.05) is 42.1 Å². The number of esters is 1. The van der Waals surface area contributed by atoms with Gasteiger partial charge in [0, 0.05) is 0 Å². The summed E-state index contributed by atoms with van der Waals surface area (Å²) < 4.78 is 6.64. The molecule has 2 aromatic carbocycles. The smallest absolute Gasteiger partial charge is 0.335 e. The summed E-state index contributed by atoms with van der Waals surface area (Å²) in [5.74, 6) is -1.40. The molecule has 0 unspecified atom stereocenters. The lowest BCUT2D eigenvalue weighted by atomic mass is 10.1. The number of carbonyl (C=O) groups excluding carboxylic acids is 1. The highest BCUT2D eigenvalue weighted by Crippen LogP contribution is 2.35. The maximum absolute atomic E-state index is 12.5. The minimum absolute atomic E-state index is 0.162. The number of aromatic nitrogens is 4. The maximum Gasteiger partial charge on any atom is 0.335 e. The van der Waals surface area contributed by atoms with Crippen LogP contribution in [0.3, 0.4) is 0 Å². The average Bonchev–Trinajstić information content (AvgIpc) is 3.15. The van der Waals surface area contributed by atoms with E-state index >= 15 is 0 Å². The largest absolute Gasteiger partial charge is 0.478 e. The van der Waals surface area contributed by atoms with E-state index in [-0.39, 0.29) is 18.1 Å². The van der Waals surface area contributed by atoms with Crippen molar-refractivity contribution < 1.29 is 19.4 Å². The van der Waals surface area contributed by atoms with Crippen LogP contribution in [-0.4, -0.2) is 43.9 Å². The topological polar surface area (TPSA) is 107 Å². The molecule has 0 aliphatic carbocycles. The molecule has 0 saturated carbocycles. The molecule has 0 saturated heterocycles. The number of nitrogens with zero attached hydrogens (tertiary/aromatic N) is 4. The van der Waals surface area contributed by atoms with Crippen LogP contribution in [0.5, 0.6) is 0 Å². The first-order valence-electron chi connectivity index (χ1n) is 8.10. The summed E-state index contributed by atoms with van der Waals surface area (Å²) in [4.78, 5) is 23.5. The van der Waals surface area contributed by atoms with Crippen molar-refractivity contribution >= 4 is 23.7 Å². The molecule has 3 aromatic rings. The van der Waals surface area contributed by atoms with E-state index in [1.54, 1.807) is 19.1 Å². The highest BCUT2D eigenvalue weighted by molar-refractivity contribution is 8.00. The van der Waals surface area contributed by atoms with Gasteiger partial charge in [0.2, 0.25) is 5.16 Å². The number of ether oxygens (including phenoxy) is 1. The fourth-order valence-electron chi connectivity index (χ4n) is 2.36. The molecule has 1 atom stereocenters. The Morgan fingerprint density at radius 3 is 2.48 bits per heavy atom. The molecule has 9 heteroatoms. The van der Waals surface area contributed by atoms with E-state index in [9.17, 15) is 9.59 Å². The zero-order chi connectivity index (χ0) is 19.2. The summed E-state index contributed by atoms with van der Waals surface area (Å²) in [7, 11) is 0. The Kier molecular flexibility index (Phi) is 5.82. The number of carbonyl (C=O) groups is 2. The minimum Gasteiger partial charge on any atom is -0.478 e. The number of carboxylic acid groups (broad SMARTS) is 1. The number of rotatable bonds is 7. The van der Waals surface area contributed by atoms with Gasteiger partial charge in [-0.3, -0.25) is 4.79 Å². The van der Waals surface area contributed by atoms with E-state index in [2.05, 4.69) is 15.5 Å². The fraction of sp³-hybridized carbons (Fsp3) is 0.167. The predicted octanol–water partition coefficient (Wildman–Crippen LogP) is 2.76. The Hall–Kier alpha value is -3.20. The third kappa shape index (κ3) is 4.32. The average molecular weight is 384 g/mol. The quantitative estimate of drug-likeness (QED) is 0.489. The molecule has 27 heavy (non-hydrogen) atoms. The number of benzene rings is 2. The van der Waals surface area contributed by atoms with E-state index < -0.39 is 11.2 Å². The highest BCUT2D eigenvalue weighted by Gasteiger charge is 2.26. The van der Waals surface area contributed by atoms with Crippen LogP contribution < -0.4 is 0 Å². The van der Waals surface area contributed by atoms with Crippen LogP contribution >= 0.6 is 11.8 Å². The molecular weight excluding hydrogens is 368 g/mol. The Morgan fingerprint density at radius 1 is 1.15 bits per heavy atom. The van der Waals surface area contributed by atoms with E-state index in [1.165, 1.54) is 16.8 Å². The van der Waals surface area contributed by atoms with Gasteiger partial charge in [0.1, 0.15) is 5.25 Å². The first kappa shape index (κ1) is 18.6. The number of carboxylic acids is 1. The van der Waals surface area contributed by atoms with Gasteiger partial charge >= 0.3 is 11.9 Å². The summed E-state index contributed by atoms with van der Waals surface area (Å²) in [6.07, 6.45) is 0. The second kappa shape index (κ2) is 8.45. The summed E-state index contributed by atoms with van der Waals surface area (Å²) in [6.45, 7) is 2.02. The van der Waals surface area contributed by atoms with Gasteiger partial charge in [0.15, 0.2) is 0 Å². The van der Waals surface area contributed by atoms with E-state index in [0.29, 0.717) is 10.8 Å². The maximum atomic E-state index is 12.5. The number of tetrazole rings is 1. The van der Waals surface area contributed by atoms with Gasteiger partial charge in [-0.25, -0.2) is 4.79 Å². The van der Waals surface area contributed by atoms with Crippen LogP contribution in [0.1, 0.15) is 28.1 Å². The Balaban J connectivity index is 1.91. The highest BCUT2D eigenvalue weighted by atomic mass is 32.2. The van der Waals surface area contributed by atoms with Gasteiger partial charge in [-0.05, 0) is 47.2 Å². The summed E-state index contributed by atoms with van der Waals surface area (Å²) >= 11 is 1.16. The van der Waals surface area contributed by atoms with Crippen LogP contribution in [0.4, 0.5) is 0 Å². The first-order chi connectivity index (χ1) is 13.1. The van der Waals surface area contributed by atoms with Crippen molar-refractivity contribution in [2.24, 2.45) is 0 Å². The zero-order valence-electron chi connectivity index (χ0n) is 14.3. The van der Waals surface area contributed by atoms with Crippen molar-refractivity contribution in [3.63, 3.8) is 0 Å². The van der Waals surface area contributed by atoms with Crippen molar-refractivity contribution in [1.29, 1.82) is 0 Å². The Morgan fingerprint density at radius 2 is 1.85 bits per heavy atom. The standard InChI is InChI=1S/C18H16N4O4S/c1-2-26-17(25)15(12-6-4-3-5-7-12)27-18-19-20-21-22(18)14-10-8-13(9-11-14)16(23)24/h3-11,15H,2H2,1H3,(H,23,24)/t15-/m1/s1. The lowest BCUT2D eigenvalue weighted by Crippen LogP contribution is -2.14. The number of hydrogen-bond acceptors (Lipinski definition) is 7. The molecule has 0 aliphatic heterocycles. The monoisotopic (exact) mass is 384 g/mol. The van der Waals surface area contributed by atoms with Crippen LogP contribution in [-0.2, 0) is 9.53 Å². The van der Waals surface area contributed by atoms with Gasteiger partial charge < -0.3 is 9.84 Å².